The Bertz CT molecular complexity index is 191. The molecule has 0 amide bonds. The van der Waals surface area contributed by atoms with Crippen molar-refractivity contribution in [2.45, 2.75) is 45.8 Å². The maximum atomic E-state index is 6.21. The quantitative estimate of drug-likeness (QED) is 0.536. The summed E-state index contributed by atoms with van der Waals surface area (Å²) in [7, 11) is 0. The van der Waals surface area contributed by atoms with Gasteiger partial charge in [-0.05, 0) is 34.2 Å². The fourth-order valence-corrected chi connectivity index (χ4v) is 1.91. The van der Waals surface area contributed by atoms with E-state index in [1.807, 2.05) is 27.7 Å². The smallest absolute Gasteiger partial charge is 0.282 e. The summed E-state index contributed by atoms with van der Waals surface area (Å²) in [6.45, 7) is 9.41. The Balaban J connectivity index is 5.26. The van der Waals surface area contributed by atoms with Crippen LogP contribution in [0.15, 0.2) is 0 Å². The second-order valence-corrected chi connectivity index (χ2v) is 3.69. The highest BCUT2D eigenvalue weighted by Crippen LogP contribution is 2.32. The van der Waals surface area contributed by atoms with Crippen molar-refractivity contribution in [3.8, 4) is 0 Å². The van der Waals surface area contributed by atoms with Crippen molar-refractivity contribution in [2.75, 3.05) is 33.0 Å². The van der Waals surface area contributed by atoms with Gasteiger partial charge in [0.15, 0.2) is 0 Å². The van der Waals surface area contributed by atoms with E-state index < -0.39 is 11.7 Å². The minimum atomic E-state index is -1.46. The molecule has 0 fully saturated rings. The van der Waals surface area contributed by atoms with Crippen LogP contribution in [0.1, 0.15) is 34.1 Å². The lowest BCUT2D eigenvalue weighted by Gasteiger charge is -2.45. The van der Waals surface area contributed by atoms with E-state index in [1.54, 1.807) is 0 Å². The van der Waals surface area contributed by atoms with Crippen LogP contribution in [0.5, 0.6) is 0 Å². The molecule has 0 aliphatic carbocycles. The largest absolute Gasteiger partial charge is 0.344 e. The highest BCUT2D eigenvalue weighted by molar-refractivity contribution is 4.85. The molecular formula is C12H28N2O4. The van der Waals surface area contributed by atoms with Crippen molar-refractivity contribution in [1.29, 1.82) is 0 Å². The van der Waals surface area contributed by atoms with E-state index in [4.69, 9.17) is 30.4 Å². The van der Waals surface area contributed by atoms with Crippen LogP contribution in [0.2, 0.25) is 0 Å². The van der Waals surface area contributed by atoms with Crippen LogP contribution in [-0.2, 0) is 18.9 Å². The van der Waals surface area contributed by atoms with Gasteiger partial charge >= 0.3 is 0 Å². The molecule has 0 unspecified atom stereocenters. The first-order valence-electron chi connectivity index (χ1n) is 6.60. The molecule has 18 heavy (non-hydrogen) atoms. The molecule has 0 aromatic carbocycles. The zero-order valence-corrected chi connectivity index (χ0v) is 12.0. The van der Waals surface area contributed by atoms with Gasteiger partial charge < -0.3 is 24.7 Å². The first-order chi connectivity index (χ1) is 8.55. The van der Waals surface area contributed by atoms with Crippen LogP contribution in [0.25, 0.3) is 0 Å². The van der Waals surface area contributed by atoms with Gasteiger partial charge in [-0.1, -0.05) is 0 Å². The lowest BCUT2D eigenvalue weighted by atomic mass is 10.1. The summed E-state index contributed by atoms with van der Waals surface area (Å²) in [5.74, 6) is -2.64. The van der Waals surface area contributed by atoms with E-state index in [0.29, 0.717) is 39.4 Å². The molecule has 6 nitrogen and oxygen atoms in total. The summed E-state index contributed by atoms with van der Waals surface area (Å²) in [6, 6.07) is 0. The zero-order chi connectivity index (χ0) is 14.1. The van der Waals surface area contributed by atoms with Crippen LogP contribution in [-0.4, -0.2) is 44.7 Å². The lowest BCUT2D eigenvalue weighted by Crippen LogP contribution is -2.67. The number of rotatable bonds is 11. The van der Waals surface area contributed by atoms with Gasteiger partial charge in [0.2, 0.25) is 5.79 Å². The van der Waals surface area contributed by atoms with Crippen LogP contribution in [0.4, 0.5) is 0 Å². The Morgan fingerprint density at radius 3 is 1.44 bits per heavy atom. The average molecular weight is 264 g/mol. The van der Waals surface area contributed by atoms with Crippen molar-refractivity contribution in [1.82, 2.24) is 0 Å². The molecule has 4 N–H and O–H groups in total. The third kappa shape index (κ3) is 4.15. The Labute approximate surface area is 110 Å². The number of hydrogen-bond donors (Lipinski definition) is 2. The topological polar surface area (TPSA) is 89.0 Å². The van der Waals surface area contributed by atoms with Crippen molar-refractivity contribution < 1.29 is 18.9 Å². The molecule has 110 valence electrons. The molecule has 0 saturated heterocycles. The normalized spacial score (nSPS) is 13.0. The highest BCUT2D eigenvalue weighted by Gasteiger charge is 2.53. The van der Waals surface area contributed by atoms with E-state index >= 15 is 0 Å². The SMILES string of the molecule is CCOC(N)(OCC)C(CCN)(OCC)OCC. The Morgan fingerprint density at radius 2 is 1.17 bits per heavy atom. The van der Waals surface area contributed by atoms with E-state index in [1.165, 1.54) is 0 Å². The summed E-state index contributed by atoms with van der Waals surface area (Å²) in [6.07, 6.45) is 0.394. The highest BCUT2D eigenvalue weighted by atomic mass is 16.8. The van der Waals surface area contributed by atoms with Crippen molar-refractivity contribution >= 4 is 0 Å². The fraction of sp³-hybridized carbons (Fsp3) is 1.00. The van der Waals surface area contributed by atoms with Crippen molar-refractivity contribution in [3.63, 3.8) is 0 Å². The molecule has 0 heterocycles. The molecule has 0 aromatic heterocycles. The maximum absolute atomic E-state index is 6.21. The zero-order valence-electron chi connectivity index (χ0n) is 12.0. The van der Waals surface area contributed by atoms with E-state index in [9.17, 15) is 0 Å². The van der Waals surface area contributed by atoms with Crippen LogP contribution in [0, 0.1) is 0 Å². The number of hydrogen-bond acceptors (Lipinski definition) is 6. The summed E-state index contributed by atoms with van der Waals surface area (Å²) in [5.41, 5.74) is 11.8. The van der Waals surface area contributed by atoms with Gasteiger partial charge in [-0.3, -0.25) is 5.73 Å². The van der Waals surface area contributed by atoms with E-state index in [2.05, 4.69) is 0 Å². The van der Waals surface area contributed by atoms with Crippen molar-refractivity contribution in [3.05, 3.63) is 0 Å². The second-order valence-electron chi connectivity index (χ2n) is 3.69. The van der Waals surface area contributed by atoms with Crippen LogP contribution < -0.4 is 11.5 Å². The van der Waals surface area contributed by atoms with Gasteiger partial charge in [0.05, 0.1) is 0 Å². The Kier molecular flexibility index (Phi) is 8.67. The summed E-state index contributed by atoms with van der Waals surface area (Å²) >= 11 is 0. The first kappa shape index (κ1) is 17.8. The molecule has 0 bridgehead atoms. The molecule has 0 aliphatic heterocycles. The average Bonchev–Trinajstić information content (AvgIpc) is 2.30. The lowest BCUT2D eigenvalue weighted by molar-refractivity contribution is -0.407. The first-order valence-corrected chi connectivity index (χ1v) is 6.60. The monoisotopic (exact) mass is 264 g/mol. The molecular weight excluding hydrogens is 236 g/mol. The molecule has 0 radical (unpaired) electrons. The molecule has 0 atom stereocenters. The van der Waals surface area contributed by atoms with Crippen LogP contribution in [0.3, 0.4) is 0 Å². The summed E-state index contributed by atoms with van der Waals surface area (Å²) < 4.78 is 22.5. The summed E-state index contributed by atoms with van der Waals surface area (Å²) in [4.78, 5) is 0. The molecule has 6 heteroatoms. The van der Waals surface area contributed by atoms with Gasteiger partial charge in [0.1, 0.15) is 0 Å². The van der Waals surface area contributed by atoms with Gasteiger partial charge in [-0.15, -0.1) is 0 Å². The fourth-order valence-electron chi connectivity index (χ4n) is 1.91. The molecule has 0 rings (SSSR count). The molecule has 0 aliphatic rings. The van der Waals surface area contributed by atoms with Gasteiger partial charge in [0.25, 0.3) is 5.91 Å². The minimum absolute atomic E-state index is 0.360. The third-order valence-corrected chi connectivity index (χ3v) is 2.48. The van der Waals surface area contributed by atoms with Gasteiger partial charge in [-0.2, -0.15) is 0 Å². The van der Waals surface area contributed by atoms with Crippen LogP contribution >= 0.6 is 0 Å². The Hall–Kier alpha value is -0.240. The molecule has 0 spiro atoms. The Morgan fingerprint density at radius 1 is 0.778 bits per heavy atom. The number of nitrogens with two attached hydrogens (primary N) is 2. The standard InChI is InChI=1S/C12H28N2O4/c1-5-15-11(9-10-13,16-6-2)12(14,17-7-3)18-8-4/h5-10,13-14H2,1-4H3. The second kappa shape index (κ2) is 8.79. The minimum Gasteiger partial charge on any atom is -0.344 e. The summed E-state index contributed by atoms with van der Waals surface area (Å²) in [5, 5.41) is 0. The number of ether oxygens (including phenoxy) is 4. The van der Waals surface area contributed by atoms with E-state index in [-0.39, 0.29) is 0 Å². The predicted octanol–water partition coefficient (Wildman–Crippen LogP) is 0.790. The molecule has 0 aromatic rings. The maximum Gasteiger partial charge on any atom is 0.282 e. The molecule has 0 saturated carbocycles. The van der Waals surface area contributed by atoms with Gasteiger partial charge in [-0.25, -0.2) is 0 Å². The van der Waals surface area contributed by atoms with E-state index in [0.717, 1.165) is 0 Å². The van der Waals surface area contributed by atoms with Gasteiger partial charge in [0, 0.05) is 32.8 Å². The third-order valence-electron chi connectivity index (χ3n) is 2.48. The predicted molar refractivity (Wildman–Crippen MR) is 69.8 cm³/mol. The van der Waals surface area contributed by atoms with Crippen molar-refractivity contribution in [2.24, 2.45) is 11.5 Å².